The molecule has 0 radical (unpaired) electrons. The van der Waals surface area contributed by atoms with Gasteiger partial charge in [-0.15, -0.1) is 11.6 Å². The van der Waals surface area contributed by atoms with Crippen LogP contribution in [0.1, 0.15) is 27.2 Å². The van der Waals surface area contributed by atoms with Crippen molar-refractivity contribution in [1.82, 2.24) is 5.01 Å². The van der Waals surface area contributed by atoms with E-state index in [4.69, 9.17) is 11.6 Å². The molecular weight excluding hydrogens is 172 g/mol. The van der Waals surface area contributed by atoms with E-state index in [0.29, 0.717) is 5.88 Å². The maximum atomic E-state index is 5.78. The summed E-state index contributed by atoms with van der Waals surface area (Å²) in [7, 11) is 0. The number of rotatable bonds is 5. The molecule has 0 rings (SSSR count). The highest BCUT2D eigenvalue weighted by molar-refractivity contribution is 6.19. The quantitative estimate of drug-likeness (QED) is 0.368. The summed E-state index contributed by atoms with van der Waals surface area (Å²) in [6.07, 6.45) is 1.05. The molecule has 0 aliphatic carbocycles. The van der Waals surface area contributed by atoms with Crippen LogP contribution in [0, 0.1) is 0 Å². The fraction of sp³-hybridized carbons (Fsp3) is 0.667. The molecule has 12 heavy (non-hydrogen) atoms. The number of hydrogen-bond donors (Lipinski definition) is 0. The van der Waals surface area contributed by atoms with E-state index in [1.54, 1.807) is 0 Å². The zero-order valence-corrected chi connectivity index (χ0v) is 8.86. The van der Waals surface area contributed by atoms with Gasteiger partial charge in [0.25, 0.3) is 0 Å². The SMILES string of the molecule is C=NN(CCC)C(CCl)=C(C)C. The Kier molecular flexibility index (Phi) is 5.81. The van der Waals surface area contributed by atoms with E-state index in [-0.39, 0.29) is 0 Å². The Morgan fingerprint density at radius 2 is 2.08 bits per heavy atom. The fourth-order valence-corrected chi connectivity index (χ4v) is 1.37. The summed E-state index contributed by atoms with van der Waals surface area (Å²) in [5, 5.41) is 5.77. The first kappa shape index (κ1) is 11.5. The maximum absolute atomic E-state index is 5.78. The van der Waals surface area contributed by atoms with Crippen LogP contribution in [0.5, 0.6) is 0 Å². The Morgan fingerprint density at radius 1 is 1.50 bits per heavy atom. The second kappa shape index (κ2) is 6.06. The van der Waals surface area contributed by atoms with Crippen molar-refractivity contribution in [2.75, 3.05) is 12.4 Å². The Labute approximate surface area is 79.9 Å². The van der Waals surface area contributed by atoms with Gasteiger partial charge in [0.1, 0.15) is 0 Å². The minimum atomic E-state index is 0.501. The fourth-order valence-electron chi connectivity index (χ4n) is 0.964. The number of allylic oxidation sites excluding steroid dienone is 2. The van der Waals surface area contributed by atoms with Gasteiger partial charge >= 0.3 is 0 Å². The lowest BCUT2D eigenvalue weighted by Crippen LogP contribution is -2.19. The first-order valence-corrected chi connectivity index (χ1v) is 4.67. The summed E-state index contributed by atoms with van der Waals surface area (Å²) >= 11 is 5.78. The highest BCUT2D eigenvalue weighted by Gasteiger charge is 2.06. The van der Waals surface area contributed by atoms with E-state index in [1.165, 1.54) is 5.57 Å². The minimum absolute atomic E-state index is 0.501. The molecule has 0 bridgehead atoms. The summed E-state index contributed by atoms with van der Waals surface area (Å²) in [6.45, 7) is 10.6. The van der Waals surface area contributed by atoms with Crippen molar-refractivity contribution in [3.05, 3.63) is 11.3 Å². The van der Waals surface area contributed by atoms with Crippen molar-refractivity contribution in [2.45, 2.75) is 27.2 Å². The molecular formula is C9H17ClN2. The van der Waals surface area contributed by atoms with Crippen LogP contribution in [0.4, 0.5) is 0 Å². The molecule has 70 valence electrons. The second-order valence-corrected chi connectivity index (χ2v) is 3.11. The van der Waals surface area contributed by atoms with Gasteiger partial charge in [0, 0.05) is 13.3 Å². The Morgan fingerprint density at radius 3 is 2.33 bits per heavy atom. The molecule has 0 aromatic heterocycles. The lowest BCUT2D eigenvalue weighted by Gasteiger charge is -2.20. The maximum Gasteiger partial charge on any atom is 0.0642 e. The topological polar surface area (TPSA) is 15.6 Å². The lowest BCUT2D eigenvalue weighted by atomic mass is 10.2. The van der Waals surface area contributed by atoms with Gasteiger partial charge in [-0.2, -0.15) is 5.10 Å². The molecule has 0 spiro atoms. The van der Waals surface area contributed by atoms with Crippen LogP contribution in [0.15, 0.2) is 16.4 Å². The van der Waals surface area contributed by atoms with Gasteiger partial charge in [-0.3, -0.25) is 5.01 Å². The molecule has 0 atom stereocenters. The predicted octanol–water partition coefficient (Wildman–Crippen LogP) is 2.85. The van der Waals surface area contributed by atoms with Gasteiger partial charge in [0.05, 0.1) is 11.6 Å². The molecule has 3 heteroatoms. The van der Waals surface area contributed by atoms with E-state index < -0.39 is 0 Å². The average molecular weight is 189 g/mol. The van der Waals surface area contributed by atoms with E-state index in [9.17, 15) is 0 Å². The Hall–Kier alpha value is -0.500. The van der Waals surface area contributed by atoms with E-state index in [1.807, 2.05) is 18.9 Å². The Balaban J connectivity index is 4.45. The molecule has 0 saturated carbocycles. The molecule has 0 heterocycles. The van der Waals surface area contributed by atoms with Crippen LogP contribution in [0.2, 0.25) is 0 Å². The third kappa shape index (κ3) is 3.26. The zero-order chi connectivity index (χ0) is 9.56. The van der Waals surface area contributed by atoms with Gasteiger partial charge in [-0.1, -0.05) is 12.5 Å². The van der Waals surface area contributed by atoms with E-state index in [2.05, 4.69) is 18.7 Å². The van der Waals surface area contributed by atoms with Gasteiger partial charge in [0.15, 0.2) is 0 Å². The molecule has 0 amide bonds. The smallest absolute Gasteiger partial charge is 0.0642 e. The number of halogens is 1. The van der Waals surface area contributed by atoms with Crippen LogP contribution < -0.4 is 0 Å². The predicted molar refractivity (Wildman–Crippen MR) is 55.6 cm³/mol. The molecule has 0 N–H and O–H groups in total. The summed E-state index contributed by atoms with van der Waals surface area (Å²) in [6, 6.07) is 0. The monoisotopic (exact) mass is 188 g/mol. The third-order valence-corrected chi connectivity index (χ3v) is 1.87. The molecule has 0 unspecified atom stereocenters. The van der Waals surface area contributed by atoms with Crippen molar-refractivity contribution in [2.24, 2.45) is 5.10 Å². The van der Waals surface area contributed by atoms with Crippen molar-refractivity contribution >= 4 is 18.3 Å². The lowest BCUT2D eigenvalue weighted by molar-refractivity contribution is 0.365. The van der Waals surface area contributed by atoms with E-state index >= 15 is 0 Å². The molecule has 0 aliphatic rings. The summed E-state index contributed by atoms with van der Waals surface area (Å²) in [5.74, 6) is 0.501. The van der Waals surface area contributed by atoms with Crippen LogP contribution in [0.3, 0.4) is 0 Å². The molecule has 0 fully saturated rings. The van der Waals surface area contributed by atoms with Crippen LogP contribution in [-0.2, 0) is 0 Å². The normalized spacial score (nSPS) is 9.33. The van der Waals surface area contributed by atoms with Gasteiger partial charge in [0.2, 0.25) is 0 Å². The van der Waals surface area contributed by atoms with Crippen molar-refractivity contribution in [3.63, 3.8) is 0 Å². The third-order valence-electron chi connectivity index (χ3n) is 1.62. The molecule has 2 nitrogen and oxygen atoms in total. The van der Waals surface area contributed by atoms with E-state index in [0.717, 1.165) is 18.7 Å². The number of hydrazone groups is 1. The highest BCUT2D eigenvalue weighted by atomic mass is 35.5. The summed E-state index contributed by atoms with van der Waals surface area (Å²) < 4.78 is 0. The summed E-state index contributed by atoms with van der Waals surface area (Å²) in [5.41, 5.74) is 2.26. The first-order chi connectivity index (χ1) is 5.67. The number of nitrogens with zero attached hydrogens (tertiary/aromatic N) is 2. The number of alkyl halides is 1. The molecule has 0 aromatic carbocycles. The minimum Gasteiger partial charge on any atom is -0.269 e. The second-order valence-electron chi connectivity index (χ2n) is 2.84. The zero-order valence-electron chi connectivity index (χ0n) is 8.10. The van der Waals surface area contributed by atoms with Crippen molar-refractivity contribution < 1.29 is 0 Å². The standard InChI is InChI=1S/C9H17ClN2/c1-5-6-12(11-4)9(7-10)8(2)3/h4-7H2,1-3H3. The highest BCUT2D eigenvalue weighted by Crippen LogP contribution is 2.12. The molecule has 0 saturated heterocycles. The molecule has 0 aromatic rings. The van der Waals surface area contributed by atoms with Crippen LogP contribution in [0.25, 0.3) is 0 Å². The van der Waals surface area contributed by atoms with Gasteiger partial charge in [-0.05, 0) is 20.3 Å². The van der Waals surface area contributed by atoms with Crippen molar-refractivity contribution in [3.8, 4) is 0 Å². The largest absolute Gasteiger partial charge is 0.269 e. The van der Waals surface area contributed by atoms with Crippen LogP contribution in [-0.4, -0.2) is 24.2 Å². The van der Waals surface area contributed by atoms with Crippen molar-refractivity contribution in [1.29, 1.82) is 0 Å². The number of hydrogen-bond acceptors (Lipinski definition) is 2. The summed E-state index contributed by atoms with van der Waals surface area (Å²) in [4.78, 5) is 0. The van der Waals surface area contributed by atoms with Gasteiger partial charge < -0.3 is 0 Å². The average Bonchev–Trinajstić information content (AvgIpc) is 2.03. The first-order valence-electron chi connectivity index (χ1n) is 4.13. The van der Waals surface area contributed by atoms with Crippen LogP contribution >= 0.6 is 11.6 Å². The molecule has 0 aliphatic heterocycles. The Bertz CT molecular complexity index is 171. The van der Waals surface area contributed by atoms with Gasteiger partial charge in [-0.25, -0.2) is 0 Å².